The molecule has 0 aliphatic carbocycles. The molecule has 0 unspecified atom stereocenters. The number of nitrogens with one attached hydrogen (secondary N) is 1. The summed E-state index contributed by atoms with van der Waals surface area (Å²) in [6, 6.07) is 9.61. The van der Waals surface area contributed by atoms with E-state index in [1.165, 1.54) is 30.3 Å². The first-order chi connectivity index (χ1) is 12.4. The molecule has 9 nitrogen and oxygen atoms in total. The minimum absolute atomic E-state index is 0.165. The van der Waals surface area contributed by atoms with Gasteiger partial charge in [-0.05, 0) is 35.9 Å². The van der Waals surface area contributed by atoms with Gasteiger partial charge in [0, 0.05) is 17.2 Å². The van der Waals surface area contributed by atoms with Crippen LogP contribution in [0.4, 0.5) is 5.69 Å². The summed E-state index contributed by atoms with van der Waals surface area (Å²) in [4.78, 5) is 29.1. The second kappa shape index (κ2) is 6.90. The standard InChI is InChI=1S/C16H11ClN4O5/c17-9-3-6-11-12(7-9)19-16(23)14(18-11)13(20-24)15(22)8-1-4-10(5-2-8)21(25)26/h1-7,15,22,24H,(H,19,23)/b20-13+/t15-/m1/s1. The summed E-state index contributed by atoms with van der Waals surface area (Å²) in [6.45, 7) is 0. The third kappa shape index (κ3) is 3.25. The van der Waals surface area contributed by atoms with E-state index in [0.29, 0.717) is 16.1 Å². The van der Waals surface area contributed by atoms with Crippen LogP contribution >= 0.6 is 11.6 Å². The number of nitro benzene ring substituents is 1. The van der Waals surface area contributed by atoms with E-state index in [1.807, 2.05) is 0 Å². The number of nitro groups is 1. The zero-order chi connectivity index (χ0) is 18.8. The molecule has 1 aromatic heterocycles. The summed E-state index contributed by atoms with van der Waals surface area (Å²) < 4.78 is 0. The molecule has 132 valence electrons. The van der Waals surface area contributed by atoms with E-state index in [4.69, 9.17) is 11.6 Å². The maximum atomic E-state index is 12.3. The molecule has 0 radical (unpaired) electrons. The van der Waals surface area contributed by atoms with Crippen molar-refractivity contribution in [2.75, 3.05) is 0 Å². The summed E-state index contributed by atoms with van der Waals surface area (Å²) >= 11 is 5.86. The van der Waals surface area contributed by atoms with E-state index in [1.54, 1.807) is 12.1 Å². The van der Waals surface area contributed by atoms with Gasteiger partial charge in [0.05, 0.1) is 16.0 Å². The van der Waals surface area contributed by atoms with Crippen LogP contribution in [-0.4, -0.2) is 30.9 Å². The van der Waals surface area contributed by atoms with Gasteiger partial charge in [0.25, 0.3) is 11.2 Å². The number of hydrogen-bond acceptors (Lipinski definition) is 7. The molecule has 0 saturated heterocycles. The van der Waals surface area contributed by atoms with Crippen molar-refractivity contribution < 1.29 is 15.2 Å². The summed E-state index contributed by atoms with van der Waals surface area (Å²) in [7, 11) is 0. The van der Waals surface area contributed by atoms with E-state index in [0.717, 1.165) is 0 Å². The highest BCUT2D eigenvalue weighted by molar-refractivity contribution is 6.31. The van der Waals surface area contributed by atoms with E-state index >= 15 is 0 Å². The van der Waals surface area contributed by atoms with Crippen molar-refractivity contribution in [3.05, 3.63) is 79.2 Å². The van der Waals surface area contributed by atoms with Crippen molar-refractivity contribution in [3.63, 3.8) is 0 Å². The van der Waals surface area contributed by atoms with Crippen molar-refractivity contribution in [2.24, 2.45) is 5.16 Å². The Morgan fingerprint density at radius 1 is 1.27 bits per heavy atom. The molecule has 0 aliphatic rings. The van der Waals surface area contributed by atoms with Crippen LogP contribution in [-0.2, 0) is 0 Å². The van der Waals surface area contributed by atoms with Gasteiger partial charge in [-0.3, -0.25) is 14.9 Å². The second-order valence-corrected chi connectivity index (χ2v) is 5.75. The lowest BCUT2D eigenvalue weighted by Crippen LogP contribution is -2.25. The highest BCUT2D eigenvalue weighted by atomic mass is 35.5. The Balaban J connectivity index is 2.04. The first kappa shape index (κ1) is 17.5. The molecule has 0 bridgehead atoms. The number of H-pyrrole nitrogens is 1. The molecule has 2 aromatic carbocycles. The first-order valence-corrected chi connectivity index (χ1v) is 7.63. The molecule has 0 saturated carbocycles. The van der Waals surface area contributed by atoms with Gasteiger partial charge in [-0.2, -0.15) is 0 Å². The van der Waals surface area contributed by atoms with Gasteiger partial charge < -0.3 is 15.3 Å². The van der Waals surface area contributed by atoms with E-state index < -0.39 is 22.3 Å². The number of non-ortho nitro benzene ring substituents is 1. The third-order valence-electron chi connectivity index (χ3n) is 3.68. The zero-order valence-corrected chi connectivity index (χ0v) is 13.7. The van der Waals surface area contributed by atoms with Gasteiger partial charge in [0.15, 0.2) is 5.69 Å². The molecule has 26 heavy (non-hydrogen) atoms. The number of aromatic amines is 1. The molecule has 0 amide bonds. The van der Waals surface area contributed by atoms with Crippen molar-refractivity contribution in [1.82, 2.24) is 9.97 Å². The lowest BCUT2D eigenvalue weighted by molar-refractivity contribution is -0.384. The molecule has 0 aliphatic heterocycles. The summed E-state index contributed by atoms with van der Waals surface area (Å²) in [6.07, 6.45) is -1.51. The molecular formula is C16H11ClN4O5. The highest BCUT2D eigenvalue weighted by Gasteiger charge is 2.23. The molecule has 1 heterocycles. The summed E-state index contributed by atoms with van der Waals surface area (Å²) in [5, 5.41) is 33.8. The number of oxime groups is 1. The number of nitrogens with zero attached hydrogens (tertiary/aromatic N) is 3. The number of fused-ring (bicyclic) bond motifs is 1. The van der Waals surface area contributed by atoms with Crippen LogP contribution in [0.2, 0.25) is 5.02 Å². The first-order valence-electron chi connectivity index (χ1n) is 7.25. The molecule has 3 rings (SSSR count). The van der Waals surface area contributed by atoms with Crippen LogP contribution in [0.3, 0.4) is 0 Å². The third-order valence-corrected chi connectivity index (χ3v) is 3.92. The predicted octanol–water partition coefficient (Wildman–Crippen LogP) is 2.40. The van der Waals surface area contributed by atoms with Gasteiger partial charge in [-0.1, -0.05) is 16.8 Å². The number of aliphatic hydroxyl groups excluding tert-OH is 1. The molecule has 1 atom stereocenters. The molecule has 0 fully saturated rings. The van der Waals surface area contributed by atoms with Crippen molar-refractivity contribution in [2.45, 2.75) is 6.10 Å². The number of aromatic nitrogens is 2. The highest BCUT2D eigenvalue weighted by Crippen LogP contribution is 2.21. The fraction of sp³-hybridized carbons (Fsp3) is 0.0625. The smallest absolute Gasteiger partial charge is 0.276 e. The van der Waals surface area contributed by atoms with E-state index in [2.05, 4.69) is 15.1 Å². The lowest BCUT2D eigenvalue weighted by Gasteiger charge is -2.12. The maximum Gasteiger partial charge on any atom is 0.276 e. The zero-order valence-electron chi connectivity index (χ0n) is 13.0. The average Bonchev–Trinajstić information content (AvgIpc) is 2.62. The van der Waals surface area contributed by atoms with Crippen LogP contribution in [0.15, 0.2) is 52.4 Å². The van der Waals surface area contributed by atoms with Gasteiger partial charge in [-0.15, -0.1) is 0 Å². The van der Waals surface area contributed by atoms with Crippen molar-refractivity contribution >= 4 is 34.0 Å². The predicted molar refractivity (Wildman–Crippen MR) is 93.8 cm³/mol. The Morgan fingerprint density at radius 2 is 1.96 bits per heavy atom. The van der Waals surface area contributed by atoms with Crippen molar-refractivity contribution in [1.29, 1.82) is 0 Å². The van der Waals surface area contributed by atoms with E-state index in [-0.39, 0.29) is 16.9 Å². The number of aliphatic hydroxyl groups is 1. The molecule has 3 N–H and O–H groups in total. The molecule has 0 spiro atoms. The van der Waals surface area contributed by atoms with Gasteiger partial charge in [0.1, 0.15) is 11.8 Å². The maximum absolute atomic E-state index is 12.3. The number of rotatable bonds is 4. The second-order valence-electron chi connectivity index (χ2n) is 5.31. The van der Waals surface area contributed by atoms with Crippen molar-refractivity contribution in [3.8, 4) is 0 Å². The largest absolute Gasteiger partial charge is 0.410 e. The Morgan fingerprint density at radius 3 is 2.58 bits per heavy atom. The minimum atomic E-state index is -1.51. The van der Waals surface area contributed by atoms with Gasteiger partial charge >= 0.3 is 0 Å². The Hall–Kier alpha value is -3.30. The number of halogens is 1. The monoisotopic (exact) mass is 374 g/mol. The van der Waals surface area contributed by atoms with Crippen LogP contribution < -0.4 is 5.56 Å². The lowest BCUT2D eigenvalue weighted by atomic mass is 10.0. The molecule has 10 heteroatoms. The fourth-order valence-corrected chi connectivity index (χ4v) is 2.57. The quantitative estimate of drug-likeness (QED) is 0.277. The van der Waals surface area contributed by atoms with E-state index in [9.17, 15) is 25.2 Å². The Kier molecular flexibility index (Phi) is 4.65. The van der Waals surface area contributed by atoms with Crippen LogP contribution in [0.25, 0.3) is 11.0 Å². The summed E-state index contributed by atoms with van der Waals surface area (Å²) in [5.74, 6) is 0. The molecule has 3 aromatic rings. The average molecular weight is 375 g/mol. The molecular weight excluding hydrogens is 364 g/mol. The Labute approximate surface area is 150 Å². The van der Waals surface area contributed by atoms with Gasteiger partial charge in [0.2, 0.25) is 0 Å². The minimum Gasteiger partial charge on any atom is -0.410 e. The van der Waals surface area contributed by atoms with Crippen LogP contribution in [0.1, 0.15) is 17.4 Å². The Bertz CT molecular complexity index is 1080. The summed E-state index contributed by atoms with van der Waals surface area (Å²) in [5.41, 5.74) is -0.573. The fourth-order valence-electron chi connectivity index (χ4n) is 2.40. The van der Waals surface area contributed by atoms with Gasteiger partial charge in [-0.25, -0.2) is 4.98 Å². The normalized spacial score (nSPS) is 12.9. The van der Waals surface area contributed by atoms with Crippen LogP contribution in [0, 0.1) is 10.1 Å². The SMILES string of the molecule is O=c1[nH]c2cc(Cl)ccc2nc1/C(=N\O)[C@H](O)c1ccc([N+](=O)[O-])cc1. The van der Waals surface area contributed by atoms with Crippen LogP contribution in [0.5, 0.6) is 0 Å². The number of hydrogen-bond donors (Lipinski definition) is 3. The number of benzene rings is 2. The topological polar surface area (TPSA) is 142 Å².